The summed E-state index contributed by atoms with van der Waals surface area (Å²) in [6.07, 6.45) is 0. The van der Waals surface area contributed by atoms with Gasteiger partial charge < -0.3 is 15.1 Å². The van der Waals surface area contributed by atoms with Crippen molar-refractivity contribution in [1.29, 1.82) is 0 Å². The first-order valence-corrected chi connectivity index (χ1v) is 7.17. The fraction of sp³-hybridized carbons (Fsp3) is 0.222. The van der Waals surface area contributed by atoms with Gasteiger partial charge in [-0.1, -0.05) is 30.3 Å². The van der Waals surface area contributed by atoms with Gasteiger partial charge in [0.15, 0.2) is 5.75 Å². The molecule has 0 amide bonds. The second-order valence-corrected chi connectivity index (χ2v) is 5.75. The molecule has 0 unspecified atom stereocenters. The zero-order valence-corrected chi connectivity index (χ0v) is 13.7. The van der Waals surface area contributed by atoms with Crippen molar-refractivity contribution in [3.8, 4) is 5.75 Å². The Morgan fingerprint density at radius 3 is 1.83 bits per heavy atom. The smallest absolute Gasteiger partial charge is 0.339 e. The van der Waals surface area contributed by atoms with Gasteiger partial charge in [-0.2, -0.15) is 4.89 Å². The SMILES string of the molecule is CC(C)(C)OOc1ccccc1C(=O)O.O=C(O)c1ccccc1. The predicted octanol–water partition coefficient (Wildman–Crippen LogP) is 3.88. The van der Waals surface area contributed by atoms with Gasteiger partial charge in [-0.05, 0) is 45.0 Å². The Hall–Kier alpha value is -2.86. The molecule has 0 fully saturated rings. The Labute approximate surface area is 140 Å². The first-order valence-electron chi connectivity index (χ1n) is 7.17. The molecule has 0 bridgehead atoms. The molecule has 0 aliphatic heterocycles. The lowest BCUT2D eigenvalue weighted by Gasteiger charge is -2.18. The van der Waals surface area contributed by atoms with E-state index in [4.69, 9.17) is 20.0 Å². The van der Waals surface area contributed by atoms with Crippen molar-refractivity contribution in [2.45, 2.75) is 26.4 Å². The first-order chi connectivity index (χ1) is 11.2. The maximum absolute atomic E-state index is 10.8. The third kappa shape index (κ3) is 6.93. The van der Waals surface area contributed by atoms with E-state index in [2.05, 4.69) is 0 Å². The van der Waals surface area contributed by atoms with Gasteiger partial charge >= 0.3 is 11.9 Å². The highest BCUT2D eigenvalue weighted by atomic mass is 17.2. The fourth-order valence-corrected chi connectivity index (χ4v) is 1.47. The predicted molar refractivity (Wildman–Crippen MR) is 88.3 cm³/mol. The van der Waals surface area contributed by atoms with Gasteiger partial charge in [0.05, 0.1) is 5.56 Å². The number of rotatable bonds is 4. The van der Waals surface area contributed by atoms with Crippen molar-refractivity contribution in [2.24, 2.45) is 0 Å². The second kappa shape index (κ2) is 8.69. The van der Waals surface area contributed by atoms with Crippen molar-refractivity contribution in [1.82, 2.24) is 0 Å². The Balaban J connectivity index is 0.000000272. The van der Waals surface area contributed by atoms with Crippen LogP contribution in [0.15, 0.2) is 54.6 Å². The molecule has 0 atom stereocenters. The van der Waals surface area contributed by atoms with Crippen molar-refractivity contribution in [2.75, 3.05) is 0 Å². The summed E-state index contributed by atoms with van der Waals surface area (Å²) in [6.45, 7) is 5.45. The minimum absolute atomic E-state index is 0.0850. The Morgan fingerprint density at radius 2 is 1.38 bits per heavy atom. The molecule has 128 valence electrons. The highest BCUT2D eigenvalue weighted by molar-refractivity contribution is 5.90. The molecule has 2 N–H and O–H groups in total. The zero-order chi connectivity index (χ0) is 18.2. The summed E-state index contributed by atoms with van der Waals surface area (Å²) < 4.78 is 0. The third-order valence-corrected chi connectivity index (χ3v) is 2.52. The molecule has 0 spiro atoms. The van der Waals surface area contributed by atoms with E-state index < -0.39 is 17.5 Å². The van der Waals surface area contributed by atoms with E-state index in [9.17, 15) is 9.59 Å². The van der Waals surface area contributed by atoms with Gasteiger partial charge in [0.25, 0.3) is 0 Å². The number of carboxylic acids is 2. The van der Waals surface area contributed by atoms with E-state index in [-0.39, 0.29) is 11.3 Å². The summed E-state index contributed by atoms with van der Waals surface area (Å²) in [4.78, 5) is 31.0. The van der Waals surface area contributed by atoms with Gasteiger partial charge in [0, 0.05) is 0 Å². The molecule has 0 radical (unpaired) electrons. The maximum atomic E-state index is 10.8. The standard InChI is InChI=1S/C11H14O4.C7H6O2/c1-11(2,3)15-14-9-7-5-4-6-8(9)10(12)13;8-7(9)6-4-2-1-3-5-6/h4-7H,1-3H3,(H,12,13);1-5H,(H,8,9). The Bertz CT molecular complexity index is 673. The minimum atomic E-state index is -1.04. The van der Waals surface area contributed by atoms with Crippen LogP contribution in [0.5, 0.6) is 5.75 Å². The molecule has 0 heterocycles. The number of aromatic carboxylic acids is 2. The van der Waals surface area contributed by atoms with E-state index >= 15 is 0 Å². The first kappa shape index (κ1) is 19.2. The summed E-state index contributed by atoms with van der Waals surface area (Å²) in [5, 5.41) is 17.2. The summed E-state index contributed by atoms with van der Waals surface area (Å²) >= 11 is 0. The molecule has 0 aliphatic carbocycles. The Morgan fingerprint density at radius 1 is 0.833 bits per heavy atom. The van der Waals surface area contributed by atoms with E-state index in [1.54, 1.807) is 48.5 Å². The summed E-state index contributed by atoms with van der Waals surface area (Å²) in [5.41, 5.74) is -0.0646. The Kier molecular flexibility index (Phi) is 6.95. The van der Waals surface area contributed by atoms with Gasteiger partial charge in [0.2, 0.25) is 0 Å². The molecular weight excluding hydrogens is 312 g/mol. The van der Waals surface area contributed by atoms with Crippen molar-refractivity contribution in [3.63, 3.8) is 0 Å². The lowest BCUT2D eigenvalue weighted by atomic mass is 10.2. The number of carbonyl (C=O) groups is 2. The van der Waals surface area contributed by atoms with Crippen LogP contribution in [0.3, 0.4) is 0 Å². The number of hydrogen-bond donors (Lipinski definition) is 2. The minimum Gasteiger partial charge on any atom is -0.478 e. The molecule has 0 saturated heterocycles. The molecule has 0 aliphatic rings. The van der Waals surface area contributed by atoms with Gasteiger partial charge in [-0.25, -0.2) is 9.59 Å². The third-order valence-electron chi connectivity index (χ3n) is 2.52. The molecule has 6 heteroatoms. The maximum Gasteiger partial charge on any atom is 0.339 e. The quantitative estimate of drug-likeness (QED) is 0.652. The molecular formula is C18H20O6. The van der Waals surface area contributed by atoms with Gasteiger partial charge in [-0.15, -0.1) is 0 Å². The lowest BCUT2D eigenvalue weighted by Crippen LogP contribution is -2.21. The molecule has 6 nitrogen and oxygen atoms in total. The van der Waals surface area contributed by atoms with Crippen LogP contribution in [0.25, 0.3) is 0 Å². The largest absolute Gasteiger partial charge is 0.478 e. The molecule has 2 rings (SSSR count). The van der Waals surface area contributed by atoms with Crippen LogP contribution in [0.1, 0.15) is 41.5 Å². The topological polar surface area (TPSA) is 93.1 Å². The molecule has 0 aromatic heterocycles. The van der Waals surface area contributed by atoms with E-state index in [1.165, 1.54) is 6.07 Å². The summed E-state index contributed by atoms with van der Waals surface area (Å²) in [5.74, 6) is -1.71. The fourth-order valence-electron chi connectivity index (χ4n) is 1.47. The molecule has 24 heavy (non-hydrogen) atoms. The normalized spacial score (nSPS) is 10.3. The van der Waals surface area contributed by atoms with Gasteiger partial charge in [-0.3, -0.25) is 0 Å². The number of para-hydroxylation sites is 1. The second-order valence-electron chi connectivity index (χ2n) is 5.75. The van der Waals surface area contributed by atoms with Crippen molar-refractivity contribution in [3.05, 3.63) is 65.7 Å². The van der Waals surface area contributed by atoms with E-state index in [0.717, 1.165) is 0 Å². The summed E-state index contributed by atoms with van der Waals surface area (Å²) in [7, 11) is 0. The average molecular weight is 332 g/mol. The highest BCUT2D eigenvalue weighted by Gasteiger charge is 2.16. The van der Waals surface area contributed by atoms with Crippen LogP contribution < -0.4 is 4.89 Å². The molecule has 0 saturated carbocycles. The molecule has 2 aromatic carbocycles. The van der Waals surface area contributed by atoms with E-state index in [0.29, 0.717) is 5.56 Å². The monoisotopic (exact) mass is 332 g/mol. The van der Waals surface area contributed by atoms with Crippen LogP contribution in [-0.4, -0.2) is 27.8 Å². The zero-order valence-electron chi connectivity index (χ0n) is 13.7. The van der Waals surface area contributed by atoms with Crippen LogP contribution in [-0.2, 0) is 4.89 Å². The van der Waals surface area contributed by atoms with Crippen molar-refractivity contribution < 1.29 is 29.6 Å². The van der Waals surface area contributed by atoms with Crippen LogP contribution >= 0.6 is 0 Å². The molecule has 2 aromatic rings. The lowest BCUT2D eigenvalue weighted by molar-refractivity contribution is -0.274. The highest BCUT2D eigenvalue weighted by Crippen LogP contribution is 2.20. The number of benzene rings is 2. The van der Waals surface area contributed by atoms with Crippen LogP contribution in [0, 0.1) is 0 Å². The number of hydrogen-bond acceptors (Lipinski definition) is 4. The van der Waals surface area contributed by atoms with Crippen LogP contribution in [0.2, 0.25) is 0 Å². The average Bonchev–Trinajstić information content (AvgIpc) is 2.54. The summed E-state index contributed by atoms with van der Waals surface area (Å²) in [6, 6.07) is 14.6. The van der Waals surface area contributed by atoms with Crippen LogP contribution in [0.4, 0.5) is 0 Å². The van der Waals surface area contributed by atoms with Gasteiger partial charge in [0.1, 0.15) is 11.2 Å². The van der Waals surface area contributed by atoms with E-state index in [1.807, 2.05) is 20.8 Å². The van der Waals surface area contributed by atoms with Crippen molar-refractivity contribution >= 4 is 11.9 Å². The number of carboxylic acid groups (broad SMARTS) is 2.